The van der Waals surface area contributed by atoms with E-state index in [4.69, 9.17) is 29.6 Å². The Balaban J connectivity index is 2.92. The number of nitrogens with zero attached hydrogens (tertiary/aromatic N) is 1. The van der Waals surface area contributed by atoms with E-state index in [2.05, 4.69) is 18.7 Å². The fourth-order valence-electron chi connectivity index (χ4n) is 1.59. The van der Waals surface area contributed by atoms with E-state index in [-0.39, 0.29) is 0 Å². The van der Waals surface area contributed by atoms with Crippen molar-refractivity contribution in [2.45, 2.75) is 13.8 Å². The molecule has 16 heavy (non-hydrogen) atoms. The largest absolute Gasteiger partial charge is 0.389 e. The van der Waals surface area contributed by atoms with Gasteiger partial charge in [0.2, 0.25) is 0 Å². The van der Waals surface area contributed by atoms with Crippen molar-refractivity contribution < 1.29 is 0 Å². The fourth-order valence-corrected chi connectivity index (χ4v) is 2.11. The molecule has 0 spiro atoms. The third-order valence-electron chi connectivity index (χ3n) is 2.30. The highest BCUT2D eigenvalue weighted by molar-refractivity contribution is 7.80. The van der Waals surface area contributed by atoms with E-state index in [0.717, 1.165) is 17.8 Å². The van der Waals surface area contributed by atoms with Gasteiger partial charge in [-0.2, -0.15) is 0 Å². The number of hydrogen-bond acceptors (Lipinski definition) is 2. The van der Waals surface area contributed by atoms with Crippen molar-refractivity contribution in [2.24, 2.45) is 11.7 Å². The first-order valence-electron chi connectivity index (χ1n) is 5.22. The second-order valence-electron chi connectivity index (χ2n) is 4.30. The van der Waals surface area contributed by atoms with Crippen LogP contribution in [0, 0.1) is 5.92 Å². The maximum absolute atomic E-state index is 6.11. The van der Waals surface area contributed by atoms with Crippen LogP contribution in [0.1, 0.15) is 19.4 Å². The van der Waals surface area contributed by atoms with Crippen molar-refractivity contribution in [1.29, 1.82) is 0 Å². The predicted molar refractivity (Wildman–Crippen MR) is 75.4 cm³/mol. The van der Waals surface area contributed by atoms with Crippen molar-refractivity contribution in [2.75, 3.05) is 18.5 Å². The van der Waals surface area contributed by atoms with Gasteiger partial charge in [-0.05, 0) is 24.1 Å². The number of anilines is 1. The molecular formula is C12H17ClN2S. The van der Waals surface area contributed by atoms with E-state index >= 15 is 0 Å². The molecule has 2 N–H and O–H groups in total. The van der Waals surface area contributed by atoms with Gasteiger partial charge in [0.25, 0.3) is 0 Å². The minimum absolute atomic E-state index is 0.336. The first-order valence-corrected chi connectivity index (χ1v) is 6.01. The molecule has 2 nitrogen and oxygen atoms in total. The van der Waals surface area contributed by atoms with Gasteiger partial charge < -0.3 is 10.6 Å². The number of thiocarbonyl (C=S) groups is 1. The van der Waals surface area contributed by atoms with Crippen LogP contribution in [-0.4, -0.2) is 18.6 Å². The standard InChI is InChI=1S/C12H17ClN2S/c1-8(2)7-15(3)9-4-5-10(12(14)16)11(13)6-9/h4-6,8H,7H2,1-3H3,(H2,14,16). The van der Waals surface area contributed by atoms with Gasteiger partial charge in [0.05, 0.1) is 5.02 Å². The lowest BCUT2D eigenvalue weighted by molar-refractivity contribution is 0.638. The van der Waals surface area contributed by atoms with Gasteiger partial charge in [-0.1, -0.05) is 37.7 Å². The molecule has 0 amide bonds. The smallest absolute Gasteiger partial charge is 0.105 e. The Morgan fingerprint density at radius 2 is 2.12 bits per heavy atom. The lowest BCUT2D eigenvalue weighted by Gasteiger charge is -2.22. The number of nitrogens with two attached hydrogens (primary N) is 1. The zero-order valence-corrected chi connectivity index (χ0v) is 11.4. The summed E-state index contributed by atoms with van der Waals surface area (Å²) in [6.07, 6.45) is 0. The van der Waals surface area contributed by atoms with Crippen molar-refractivity contribution in [3.8, 4) is 0 Å². The van der Waals surface area contributed by atoms with Gasteiger partial charge in [-0.15, -0.1) is 0 Å². The fraction of sp³-hybridized carbons (Fsp3) is 0.417. The maximum atomic E-state index is 6.11. The molecule has 0 saturated carbocycles. The van der Waals surface area contributed by atoms with Crippen molar-refractivity contribution in [1.82, 2.24) is 0 Å². The summed E-state index contributed by atoms with van der Waals surface area (Å²) in [7, 11) is 2.05. The highest BCUT2D eigenvalue weighted by Gasteiger charge is 2.08. The molecule has 1 rings (SSSR count). The molecule has 1 aromatic carbocycles. The summed E-state index contributed by atoms with van der Waals surface area (Å²) in [6, 6.07) is 5.76. The molecule has 0 unspecified atom stereocenters. The zero-order valence-electron chi connectivity index (χ0n) is 9.83. The van der Waals surface area contributed by atoms with Crippen LogP contribution in [0.3, 0.4) is 0 Å². The lowest BCUT2D eigenvalue weighted by atomic mass is 10.1. The predicted octanol–water partition coefficient (Wildman–Crippen LogP) is 3.07. The number of halogens is 1. The molecular weight excluding hydrogens is 240 g/mol. The van der Waals surface area contributed by atoms with E-state index < -0.39 is 0 Å². The van der Waals surface area contributed by atoms with Crippen molar-refractivity contribution >= 4 is 34.5 Å². The lowest BCUT2D eigenvalue weighted by Crippen LogP contribution is -2.22. The molecule has 88 valence electrons. The highest BCUT2D eigenvalue weighted by atomic mass is 35.5. The van der Waals surface area contributed by atoms with Gasteiger partial charge in [-0.3, -0.25) is 0 Å². The number of benzene rings is 1. The summed E-state index contributed by atoms with van der Waals surface area (Å²) in [6.45, 7) is 5.35. The molecule has 1 aromatic rings. The summed E-state index contributed by atoms with van der Waals surface area (Å²) in [5.74, 6) is 0.610. The molecule has 0 aromatic heterocycles. The SMILES string of the molecule is CC(C)CN(C)c1ccc(C(N)=S)c(Cl)c1. The van der Waals surface area contributed by atoms with E-state index in [1.54, 1.807) is 0 Å². The number of rotatable bonds is 4. The molecule has 0 bridgehead atoms. The summed E-state index contributed by atoms with van der Waals surface area (Å²) in [5.41, 5.74) is 7.37. The van der Waals surface area contributed by atoms with Crippen LogP contribution in [0.2, 0.25) is 5.02 Å². The van der Waals surface area contributed by atoms with Gasteiger partial charge in [0.1, 0.15) is 4.99 Å². The summed E-state index contributed by atoms with van der Waals surface area (Å²) in [5, 5.41) is 0.612. The van der Waals surface area contributed by atoms with Crippen LogP contribution in [0.4, 0.5) is 5.69 Å². The third kappa shape index (κ3) is 3.35. The average Bonchev–Trinajstić information content (AvgIpc) is 2.15. The normalized spacial score (nSPS) is 10.6. The van der Waals surface area contributed by atoms with Crippen LogP contribution in [-0.2, 0) is 0 Å². The zero-order chi connectivity index (χ0) is 12.3. The molecule has 0 aliphatic rings. The highest BCUT2D eigenvalue weighted by Crippen LogP contribution is 2.23. The number of hydrogen-bond donors (Lipinski definition) is 1. The topological polar surface area (TPSA) is 29.3 Å². The molecule has 0 fully saturated rings. The molecule has 0 atom stereocenters. The van der Waals surface area contributed by atoms with Gasteiger partial charge in [0, 0.05) is 24.8 Å². The first-order chi connectivity index (χ1) is 7.41. The monoisotopic (exact) mass is 256 g/mol. The van der Waals surface area contributed by atoms with Crippen LogP contribution >= 0.6 is 23.8 Å². The van der Waals surface area contributed by atoms with E-state index in [1.807, 2.05) is 25.2 Å². The first kappa shape index (κ1) is 13.3. The molecule has 4 heteroatoms. The molecule has 0 aliphatic heterocycles. The van der Waals surface area contributed by atoms with Gasteiger partial charge >= 0.3 is 0 Å². The average molecular weight is 257 g/mol. The van der Waals surface area contributed by atoms with Crippen LogP contribution in [0.15, 0.2) is 18.2 Å². The Morgan fingerprint density at radius 1 is 1.50 bits per heavy atom. The quantitative estimate of drug-likeness (QED) is 0.840. The van der Waals surface area contributed by atoms with Crippen LogP contribution < -0.4 is 10.6 Å². The van der Waals surface area contributed by atoms with Gasteiger partial charge in [0.15, 0.2) is 0 Å². The Bertz CT molecular complexity index is 391. The van der Waals surface area contributed by atoms with Crippen LogP contribution in [0.25, 0.3) is 0 Å². The maximum Gasteiger partial charge on any atom is 0.105 e. The molecule has 0 saturated heterocycles. The van der Waals surface area contributed by atoms with Crippen LogP contribution in [0.5, 0.6) is 0 Å². The Kier molecular flexibility index (Phi) is 4.56. The van der Waals surface area contributed by atoms with E-state index in [0.29, 0.717) is 15.9 Å². The molecule has 0 aliphatic carbocycles. The minimum Gasteiger partial charge on any atom is -0.389 e. The summed E-state index contributed by atoms with van der Waals surface area (Å²) < 4.78 is 0. The molecule has 0 radical (unpaired) electrons. The third-order valence-corrected chi connectivity index (χ3v) is 2.83. The van der Waals surface area contributed by atoms with E-state index in [1.165, 1.54) is 0 Å². The van der Waals surface area contributed by atoms with Crippen molar-refractivity contribution in [3.05, 3.63) is 28.8 Å². The second-order valence-corrected chi connectivity index (χ2v) is 5.15. The summed E-state index contributed by atoms with van der Waals surface area (Å²) >= 11 is 11.0. The Morgan fingerprint density at radius 3 is 2.56 bits per heavy atom. The Labute approximate surface area is 107 Å². The van der Waals surface area contributed by atoms with Gasteiger partial charge in [-0.25, -0.2) is 0 Å². The molecule has 0 heterocycles. The summed E-state index contributed by atoms with van der Waals surface area (Å²) in [4.78, 5) is 2.50. The second kappa shape index (κ2) is 5.51. The van der Waals surface area contributed by atoms with E-state index in [9.17, 15) is 0 Å². The Hall–Kier alpha value is -0.800. The minimum atomic E-state index is 0.336. The van der Waals surface area contributed by atoms with Crippen molar-refractivity contribution in [3.63, 3.8) is 0 Å².